The quantitative estimate of drug-likeness (QED) is 0.846. The topological polar surface area (TPSA) is 47.6 Å². The second kappa shape index (κ2) is 6.71. The molecule has 1 rings (SSSR count). The molecule has 1 N–H and O–H groups in total. The van der Waals surface area contributed by atoms with E-state index in [2.05, 4.69) is 21.2 Å². The van der Waals surface area contributed by atoms with Gasteiger partial charge >= 0.3 is 5.97 Å². The standard InChI is InChI=1S/C11H13BrClNO3/c1-3-17-11(15)6-14-9-5-8(13)7(12)4-10(9)16-2/h4-5,14H,3,6H2,1-2H3. The van der Waals surface area contributed by atoms with Crippen LogP contribution in [-0.2, 0) is 9.53 Å². The van der Waals surface area contributed by atoms with Crippen LogP contribution in [0.4, 0.5) is 5.69 Å². The Hall–Kier alpha value is -0.940. The lowest BCUT2D eigenvalue weighted by Gasteiger charge is -2.12. The van der Waals surface area contributed by atoms with Gasteiger partial charge in [0.25, 0.3) is 0 Å². The zero-order chi connectivity index (χ0) is 12.8. The van der Waals surface area contributed by atoms with Gasteiger partial charge in [-0.25, -0.2) is 0 Å². The van der Waals surface area contributed by atoms with Crippen molar-refractivity contribution >= 4 is 39.2 Å². The van der Waals surface area contributed by atoms with E-state index >= 15 is 0 Å². The number of hydrogen-bond acceptors (Lipinski definition) is 4. The van der Waals surface area contributed by atoms with Crippen LogP contribution in [0.3, 0.4) is 0 Å². The number of ether oxygens (including phenoxy) is 2. The molecule has 1 aromatic carbocycles. The molecule has 0 spiro atoms. The molecule has 1 aromatic rings. The summed E-state index contributed by atoms with van der Waals surface area (Å²) in [6.45, 7) is 2.19. The van der Waals surface area contributed by atoms with Crippen molar-refractivity contribution in [1.29, 1.82) is 0 Å². The van der Waals surface area contributed by atoms with Gasteiger partial charge in [-0.1, -0.05) is 11.6 Å². The normalized spacial score (nSPS) is 9.88. The minimum Gasteiger partial charge on any atom is -0.495 e. The molecule has 0 radical (unpaired) electrons. The van der Waals surface area contributed by atoms with Crippen LogP contribution >= 0.6 is 27.5 Å². The number of esters is 1. The van der Waals surface area contributed by atoms with Gasteiger partial charge in [0.05, 0.1) is 24.4 Å². The SMILES string of the molecule is CCOC(=O)CNc1cc(Cl)c(Br)cc1OC. The zero-order valence-electron chi connectivity index (χ0n) is 9.55. The van der Waals surface area contributed by atoms with E-state index in [0.29, 0.717) is 23.1 Å². The fourth-order valence-corrected chi connectivity index (χ4v) is 1.70. The van der Waals surface area contributed by atoms with E-state index in [-0.39, 0.29) is 12.5 Å². The first-order chi connectivity index (χ1) is 8.08. The number of methoxy groups -OCH3 is 1. The summed E-state index contributed by atoms with van der Waals surface area (Å²) in [5.74, 6) is 0.277. The second-order valence-corrected chi connectivity index (χ2v) is 4.39. The number of carbonyl (C=O) groups is 1. The number of anilines is 1. The second-order valence-electron chi connectivity index (χ2n) is 3.13. The average Bonchev–Trinajstić information content (AvgIpc) is 2.30. The molecule has 0 bridgehead atoms. The first kappa shape index (κ1) is 14.1. The van der Waals surface area contributed by atoms with Gasteiger partial charge < -0.3 is 14.8 Å². The molecule has 0 fully saturated rings. The van der Waals surface area contributed by atoms with Crippen LogP contribution in [0.1, 0.15) is 6.92 Å². The first-order valence-corrected chi connectivity index (χ1v) is 6.18. The third-order valence-electron chi connectivity index (χ3n) is 1.97. The van der Waals surface area contributed by atoms with Crippen molar-refractivity contribution in [1.82, 2.24) is 0 Å². The molecule has 0 unspecified atom stereocenters. The maximum atomic E-state index is 11.2. The Kier molecular flexibility index (Phi) is 5.58. The molecule has 0 aliphatic rings. The van der Waals surface area contributed by atoms with E-state index in [4.69, 9.17) is 21.1 Å². The molecule has 0 saturated heterocycles. The van der Waals surface area contributed by atoms with Crippen molar-refractivity contribution < 1.29 is 14.3 Å². The van der Waals surface area contributed by atoms with E-state index in [1.807, 2.05) is 0 Å². The first-order valence-electron chi connectivity index (χ1n) is 5.01. The van der Waals surface area contributed by atoms with E-state index in [9.17, 15) is 4.79 Å². The van der Waals surface area contributed by atoms with E-state index in [1.54, 1.807) is 26.2 Å². The molecular formula is C11H13BrClNO3. The van der Waals surface area contributed by atoms with Gasteiger partial charge in [-0.3, -0.25) is 4.79 Å². The minimum atomic E-state index is -0.325. The predicted octanol–water partition coefficient (Wildman–Crippen LogP) is 3.09. The monoisotopic (exact) mass is 321 g/mol. The summed E-state index contributed by atoms with van der Waals surface area (Å²) < 4.78 is 10.7. The molecule has 17 heavy (non-hydrogen) atoms. The smallest absolute Gasteiger partial charge is 0.325 e. The highest BCUT2D eigenvalue weighted by Crippen LogP contribution is 2.34. The van der Waals surface area contributed by atoms with Gasteiger partial charge in [-0.2, -0.15) is 0 Å². The number of rotatable bonds is 5. The number of nitrogens with one attached hydrogen (secondary N) is 1. The number of hydrogen-bond donors (Lipinski definition) is 1. The molecule has 0 amide bonds. The third kappa shape index (κ3) is 4.09. The highest BCUT2D eigenvalue weighted by Gasteiger charge is 2.09. The van der Waals surface area contributed by atoms with Gasteiger partial charge in [0.2, 0.25) is 0 Å². The van der Waals surface area contributed by atoms with Crippen molar-refractivity contribution in [2.24, 2.45) is 0 Å². The summed E-state index contributed by atoms with van der Waals surface area (Å²) in [5, 5.41) is 3.45. The lowest BCUT2D eigenvalue weighted by atomic mass is 10.3. The number of carbonyl (C=O) groups excluding carboxylic acids is 1. The van der Waals surface area contributed by atoms with E-state index in [0.717, 1.165) is 4.47 Å². The Balaban J connectivity index is 2.76. The Morgan fingerprint density at radius 2 is 2.24 bits per heavy atom. The minimum absolute atomic E-state index is 0.0716. The summed E-state index contributed by atoms with van der Waals surface area (Å²) in [4.78, 5) is 11.2. The summed E-state index contributed by atoms with van der Waals surface area (Å²) in [7, 11) is 1.55. The maximum Gasteiger partial charge on any atom is 0.325 e. The molecule has 0 atom stereocenters. The molecule has 0 aliphatic carbocycles. The van der Waals surface area contributed by atoms with Crippen molar-refractivity contribution in [3.8, 4) is 5.75 Å². The van der Waals surface area contributed by atoms with Gasteiger partial charge in [0, 0.05) is 4.47 Å². The summed E-state index contributed by atoms with van der Waals surface area (Å²) in [5.41, 5.74) is 0.647. The lowest BCUT2D eigenvalue weighted by molar-refractivity contribution is -0.140. The Labute approximate surface area is 113 Å². The molecule has 0 aliphatic heterocycles. The fourth-order valence-electron chi connectivity index (χ4n) is 1.22. The highest BCUT2D eigenvalue weighted by atomic mass is 79.9. The Morgan fingerprint density at radius 3 is 2.82 bits per heavy atom. The van der Waals surface area contributed by atoms with Crippen LogP contribution in [-0.4, -0.2) is 26.2 Å². The van der Waals surface area contributed by atoms with Crippen LogP contribution in [0.2, 0.25) is 5.02 Å². The molecule has 94 valence electrons. The fraction of sp³-hybridized carbons (Fsp3) is 0.364. The largest absolute Gasteiger partial charge is 0.495 e. The molecule has 0 aromatic heterocycles. The van der Waals surface area contributed by atoms with Crippen LogP contribution < -0.4 is 10.1 Å². The van der Waals surface area contributed by atoms with Crippen LogP contribution in [0.25, 0.3) is 0 Å². The summed E-state index contributed by atoms with van der Waals surface area (Å²) in [6, 6.07) is 3.42. The van der Waals surface area contributed by atoms with Gasteiger partial charge in [-0.15, -0.1) is 0 Å². The van der Waals surface area contributed by atoms with Crippen LogP contribution in [0.5, 0.6) is 5.75 Å². The van der Waals surface area contributed by atoms with Gasteiger partial charge in [-0.05, 0) is 35.0 Å². The van der Waals surface area contributed by atoms with Gasteiger partial charge in [0.1, 0.15) is 12.3 Å². The van der Waals surface area contributed by atoms with Crippen molar-refractivity contribution in [2.45, 2.75) is 6.92 Å². The van der Waals surface area contributed by atoms with E-state index in [1.165, 1.54) is 0 Å². The van der Waals surface area contributed by atoms with Gasteiger partial charge in [0.15, 0.2) is 0 Å². The number of benzene rings is 1. The van der Waals surface area contributed by atoms with E-state index < -0.39 is 0 Å². The van der Waals surface area contributed by atoms with Crippen LogP contribution in [0.15, 0.2) is 16.6 Å². The van der Waals surface area contributed by atoms with Crippen molar-refractivity contribution in [3.05, 3.63) is 21.6 Å². The predicted molar refractivity (Wildman–Crippen MR) is 70.8 cm³/mol. The van der Waals surface area contributed by atoms with Crippen LogP contribution in [0, 0.1) is 0 Å². The molecule has 0 saturated carbocycles. The maximum absolute atomic E-state index is 11.2. The van der Waals surface area contributed by atoms with Crippen molar-refractivity contribution in [3.63, 3.8) is 0 Å². The van der Waals surface area contributed by atoms with Crippen molar-refractivity contribution in [2.75, 3.05) is 25.6 Å². The molecule has 4 nitrogen and oxygen atoms in total. The third-order valence-corrected chi connectivity index (χ3v) is 3.17. The zero-order valence-corrected chi connectivity index (χ0v) is 11.9. The Morgan fingerprint density at radius 1 is 1.53 bits per heavy atom. The summed E-state index contributed by atoms with van der Waals surface area (Å²) in [6.07, 6.45) is 0. The summed E-state index contributed by atoms with van der Waals surface area (Å²) >= 11 is 9.26. The molecule has 6 heteroatoms. The highest BCUT2D eigenvalue weighted by molar-refractivity contribution is 9.10. The molecule has 0 heterocycles. The molecular weight excluding hydrogens is 309 g/mol. The number of halogens is 2. The lowest BCUT2D eigenvalue weighted by Crippen LogP contribution is -2.17. The average molecular weight is 323 g/mol. The Bertz CT molecular complexity index is 412.